The van der Waals surface area contributed by atoms with E-state index in [0.29, 0.717) is 5.69 Å². The van der Waals surface area contributed by atoms with Crippen LogP contribution in [0.2, 0.25) is 0 Å². The second-order valence-electron chi connectivity index (χ2n) is 3.23. The summed E-state index contributed by atoms with van der Waals surface area (Å²) in [6, 6.07) is 4.39. The van der Waals surface area contributed by atoms with Gasteiger partial charge in [-0.05, 0) is 24.6 Å². The summed E-state index contributed by atoms with van der Waals surface area (Å²) in [5.41, 5.74) is 6.71. The van der Waals surface area contributed by atoms with Crippen LogP contribution in [0.15, 0.2) is 28.1 Å². The number of primary sulfonamides is 1. The molecule has 0 heterocycles. The van der Waals surface area contributed by atoms with Crippen molar-refractivity contribution in [2.75, 3.05) is 5.88 Å². The van der Waals surface area contributed by atoms with Crippen LogP contribution in [-0.2, 0) is 10.0 Å². The molecule has 1 aromatic rings. The summed E-state index contributed by atoms with van der Waals surface area (Å²) >= 11 is 5.49. The molecule has 0 bridgehead atoms. The van der Waals surface area contributed by atoms with Gasteiger partial charge in [0.1, 0.15) is 5.84 Å². The minimum Gasteiger partial charge on any atom is -0.386 e. The molecule has 7 heteroatoms. The van der Waals surface area contributed by atoms with Crippen LogP contribution in [0.25, 0.3) is 0 Å². The molecule has 88 valence electrons. The van der Waals surface area contributed by atoms with Crippen molar-refractivity contribution in [1.29, 1.82) is 0 Å². The van der Waals surface area contributed by atoms with Crippen LogP contribution in [0, 0.1) is 6.92 Å². The Morgan fingerprint density at radius 2 is 2.12 bits per heavy atom. The van der Waals surface area contributed by atoms with Crippen molar-refractivity contribution in [2.24, 2.45) is 15.9 Å². The van der Waals surface area contributed by atoms with Gasteiger partial charge >= 0.3 is 0 Å². The maximum atomic E-state index is 11.1. The van der Waals surface area contributed by atoms with E-state index in [-0.39, 0.29) is 16.6 Å². The van der Waals surface area contributed by atoms with E-state index in [1.807, 2.05) is 0 Å². The fourth-order valence-electron chi connectivity index (χ4n) is 1.07. The molecule has 1 rings (SSSR count). The predicted molar refractivity (Wildman–Crippen MR) is 64.6 cm³/mol. The highest BCUT2D eigenvalue weighted by Crippen LogP contribution is 2.22. The quantitative estimate of drug-likeness (QED) is 0.480. The van der Waals surface area contributed by atoms with E-state index in [4.69, 9.17) is 22.5 Å². The van der Waals surface area contributed by atoms with E-state index in [9.17, 15) is 8.42 Å². The number of hydrogen-bond donors (Lipinski definition) is 2. The number of aliphatic imine (C=N–C) groups is 1. The van der Waals surface area contributed by atoms with Crippen molar-refractivity contribution in [3.05, 3.63) is 23.8 Å². The van der Waals surface area contributed by atoms with Gasteiger partial charge in [0.15, 0.2) is 0 Å². The molecule has 0 atom stereocenters. The molecular weight excluding hydrogens is 250 g/mol. The molecule has 0 saturated carbocycles. The Hall–Kier alpha value is -1.11. The summed E-state index contributed by atoms with van der Waals surface area (Å²) in [6.45, 7) is 1.78. The van der Waals surface area contributed by atoms with E-state index in [2.05, 4.69) is 4.99 Å². The van der Waals surface area contributed by atoms with Crippen LogP contribution >= 0.6 is 11.6 Å². The monoisotopic (exact) mass is 261 g/mol. The Balaban J connectivity index is 3.30. The van der Waals surface area contributed by atoms with E-state index >= 15 is 0 Å². The second kappa shape index (κ2) is 4.82. The fourth-order valence-corrected chi connectivity index (χ4v) is 1.66. The highest BCUT2D eigenvalue weighted by Gasteiger charge is 2.09. The number of aryl methyl sites for hydroxylation is 1. The normalized spacial score (nSPS) is 12.8. The molecular formula is C9H12ClN3O2S. The summed E-state index contributed by atoms with van der Waals surface area (Å²) in [6.07, 6.45) is 0. The van der Waals surface area contributed by atoms with Crippen LogP contribution < -0.4 is 10.9 Å². The lowest BCUT2D eigenvalue weighted by Crippen LogP contribution is -2.13. The Bertz CT molecular complexity index is 526. The number of alkyl halides is 1. The van der Waals surface area contributed by atoms with Gasteiger partial charge in [0.25, 0.3) is 0 Å². The lowest BCUT2D eigenvalue weighted by atomic mass is 10.2. The molecule has 0 saturated heterocycles. The number of nitrogens with zero attached hydrogens (tertiary/aromatic N) is 1. The summed E-state index contributed by atoms with van der Waals surface area (Å²) in [4.78, 5) is 3.99. The zero-order valence-electron chi connectivity index (χ0n) is 8.64. The summed E-state index contributed by atoms with van der Waals surface area (Å²) in [5, 5.41) is 5.01. The fraction of sp³-hybridized carbons (Fsp3) is 0.222. The van der Waals surface area contributed by atoms with Gasteiger partial charge in [0.2, 0.25) is 10.0 Å². The standard InChI is InChI=1S/C9H12ClN3O2S/c1-6-2-3-7(16(12,14)15)4-8(6)13-9(11)5-10/h2-4H,5H2,1H3,(H2,11,13)(H2,12,14,15). The molecule has 1 aromatic carbocycles. The first kappa shape index (κ1) is 13.0. The van der Waals surface area contributed by atoms with Crippen molar-refractivity contribution >= 4 is 33.1 Å². The Morgan fingerprint density at radius 1 is 1.50 bits per heavy atom. The van der Waals surface area contributed by atoms with Gasteiger partial charge < -0.3 is 5.73 Å². The molecule has 4 N–H and O–H groups in total. The Labute approximate surface area is 99.2 Å². The van der Waals surface area contributed by atoms with Crippen LogP contribution in [0.5, 0.6) is 0 Å². The molecule has 0 spiro atoms. The van der Waals surface area contributed by atoms with Gasteiger partial charge in [-0.15, -0.1) is 11.6 Å². The molecule has 0 aliphatic carbocycles. The van der Waals surface area contributed by atoms with Gasteiger partial charge in [-0.25, -0.2) is 18.5 Å². The number of halogens is 1. The van der Waals surface area contributed by atoms with Gasteiger partial charge in [0, 0.05) is 0 Å². The smallest absolute Gasteiger partial charge is 0.238 e. The zero-order chi connectivity index (χ0) is 12.3. The number of sulfonamides is 1. The lowest BCUT2D eigenvalue weighted by Gasteiger charge is -2.04. The predicted octanol–water partition coefficient (Wildman–Crippen LogP) is 0.870. The van der Waals surface area contributed by atoms with E-state index in [1.165, 1.54) is 12.1 Å². The van der Waals surface area contributed by atoms with E-state index in [1.54, 1.807) is 13.0 Å². The molecule has 16 heavy (non-hydrogen) atoms. The van der Waals surface area contributed by atoms with Crippen LogP contribution in [0.3, 0.4) is 0 Å². The third kappa shape index (κ3) is 3.19. The van der Waals surface area contributed by atoms with Crippen molar-refractivity contribution in [2.45, 2.75) is 11.8 Å². The number of hydrogen-bond acceptors (Lipinski definition) is 3. The molecule has 0 aliphatic rings. The lowest BCUT2D eigenvalue weighted by molar-refractivity contribution is 0.598. The second-order valence-corrected chi connectivity index (χ2v) is 5.06. The number of rotatable bonds is 3. The average Bonchev–Trinajstić information content (AvgIpc) is 2.19. The van der Waals surface area contributed by atoms with Crippen molar-refractivity contribution in [3.8, 4) is 0 Å². The summed E-state index contributed by atoms with van der Waals surface area (Å²) < 4.78 is 22.2. The average molecular weight is 262 g/mol. The zero-order valence-corrected chi connectivity index (χ0v) is 10.2. The molecule has 0 aliphatic heterocycles. The number of amidine groups is 1. The highest BCUT2D eigenvalue weighted by molar-refractivity contribution is 7.89. The number of benzene rings is 1. The Kier molecular flexibility index (Phi) is 3.90. The third-order valence-electron chi connectivity index (χ3n) is 1.91. The summed E-state index contributed by atoms with van der Waals surface area (Å²) in [5.74, 6) is 0.301. The van der Waals surface area contributed by atoms with Crippen LogP contribution in [0.4, 0.5) is 5.69 Å². The van der Waals surface area contributed by atoms with Crippen LogP contribution in [-0.4, -0.2) is 20.1 Å². The maximum absolute atomic E-state index is 11.1. The maximum Gasteiger partial charge on any atom is 0.238 e. The first-order valence-electron chi connectivity index (χ1n) is 4.37. The third-order valence-corrected chi connectivity index (χ3v) is 3.09. The van der Waals surface area contributed by atoms with Crippen molar-refractivity contribution in [3.63, 3.8) is 0 Å². The first-order valence-corrected chi connectivity index (χ1v) is 6.45. The van der Waals surface area contributed by atoms with Crippen molar-refractivity contribution < 1.29 is 8.42 Å². The van der Waals surface area contributed by atoms with E-state index in [0.717, 1.165) is 5.56 Å². The highest BCUT2D eigenvalue weighted by atomic mass is 35.5. The van der Waals surface area contributed by atoms with Gasteiger partial charge in [-0.2, -0.15) is 0 Å². The first-order chi connectivity index (χ1) is 7.34. The van der Waals surface area contributed by atoms with Crippen LogP contribution in [0.1, 0.15) is 5.56 Å². The molecule has 0 fully saturated rings. The topological polar surface area (TPSA) is 98.5 Å². The molecule has 0 unspecified atom stereocenters. The minimum absolute atomic E-state index is 0.000720. The molecule has 0 aromatic heterocycles. The van der Waals surface area contributed by atoms with Crippen molar-refractivity contribution in [1.82, 2.24) is 0 Å². The number of nitrogens with two attached hydrogens (primary N) is 2. The van der Waals surface area contributed by atoms with Gasteiger partial charge in [-0.3, -0.25) is 0 Å². The molecule has 0 radical (unpaired) electrons. The Morgan fingerprint density at radius 3 is 2.62 bits per heavy atom. The SMILES string of the molecule is Cc1ccc(S(N)(=O)=O)cc1N=C(N)CCl. The van der Waals surface area contributed by atoms with Gasteiger partial charge in [-0.1, -0.05) is 6.07 Å². The summed E-state index contributed by atoms with van der Waals surface area (Å²) in [7, 11) is -3.73. The molecule has 0 amide bonds. The molecule has 5 nitrogen and oxygen atoms in total. The van der Waals surface area contributed by atoms with Gasteiger partial charge in [0.05, 0.1) is 16.5 Å². The largest absolute Gasteiger partial charge is 0.386 e. The minimum atomic E-state index is -3.73. The van der Waals surface area contributed by atoms with E-state index < -0.39 is 10.0 Å².